The van der Waals surface area contributed by atoms with Gasteiger partial charge in [-0.3, -0.25) is 0 Å². The summed E-state index contributed by atoms with van der Waals surface area (Å²) in [5.74, 6) is 3.78. The fourth-order valence-electron chi connectivity index (χ4n) is 1.75. The van der Waals surface area contributed by atoms with Crippen molar-refractivity contribution in [3.63, 3.8) is 0 Å². The van der Waals surface area contributed by atoms with Gasteiger partial charge in [-0.1, -0.05) is 0 Å². The van der Waals surface area contributed by atoms with E-state index in [0.29, 0.717) is 12.5 Å². The van der Waals surface area contributed by atoms with Crippen molar-refractivity contribution in [3.8, 4) is 0 Å². The Morgan fingerprint density at radius 1 is 1.58 bits per heavy atom. The molecule has 0 spiro atoms. The number of thioether (sulfide) groups is 1. The second-order valence-corrected chi connectivity index (χ2v) is 4.98. The van der Waals surface area contributed by atoms with Crippen LogP contribution in [-0.2, 0) is 0 Å². The van der Waals surface area contributed by atoms with Gasteiger partial charge >= 0.3 is 0 Å². The maximum atomic E-state index is 9.20. The summed E-state index contributed by atoms with van der Waals surface area (Å²) in [4.78, 5) is 2.17. The molecule has 1 aliphatic heterocycles. The fourth-order valence-corrected chi connectivity index (χ4v) is 3.13. The molecule has 2 atom stereocenters. The van der Waals surface area contributed by atoms with E-state index >= 15 is 0 Å². The van der Waals surface area contributed by atoms with Crippen molar-refractivity contribution in [2.45, 2.75) is 6.42 Å². The SMILES string of the molecule is CN(C)CC(CO)C1CCSC1. The van der Waals surface area contributed by atoms with Crippen molar-refractivity contribution in [1.82, 2.24) is 4.90 Å². The van der Waals surface area contributed by atoms with E-state index in [1.165, 1.54) is 17.9 Å². The van der Waals surface area contributed by atoms with Crippen molar-refractivity contribution < 1.29 is 5.11 Å². The van der Waals surface area contributed by atoms with E-state index in [1.807, 2.05) is 11.8 Å². The predicted molar refractivity (Wildman–Crippen MR) is 54.6 cm³/mol. The molecule has 2 nitrogen and oxygen atoms in total. The Morgan fingerprint density at radius 3 is 2.75 bits per heavy atom. The van der Waals surface area contributed by atoms with Crippen LogP contribution in [0.25, 0.3) is 0 Å². The van der Waals surface area contributed by atoms with Crippen LogP contribution in [0.5, 0.6) is 0 Å². The van der Waals surface area contributed by atoms with Crippen LogP contribution in [0.1, 0.15) is 6.42 Å². The predicted octanol–water partition coefficient (Wildman–Crippen LogP) is 0.910. The van der Waals surface area contributed by atoms with E-state index < -0.39 is 0 Å². The Balaban J connectivity index is 2.32. The highest BCUT2D eigenvalue weighted by Gasteiger charge is 2.24. The highest BCUT2D eigenvalue weighted by molar-refractivity contribution is 7.99. The molecule has 0 aromatic carbocycles. The van der Waals surface area contributed by atoms with Crippen LogP contribution >= 0.6 is 11.8 Å². The molecule has 0 radical (unpaired) electrons. The van der Waals surface area contributed by atoms with E-state index in [4.69, 9.17) is 0 Å². The lowest BCUT2D eigenvalue weighted by Gasteiger charge is -2.23. The largest absolute Gasteiger partial charge is 0.396 e. The van der Waals surface area contributed by atoms with Gasteiger partial charge in [-0.15, -0.1) is 0 Å². The molecule has 1 fully saturated rings. The monoisotopic (exact) mass is 189 g/mol. The van der Waals surface area contributed by atoms with E-state index in [0.717, 1.165) is 12.5 Å². The van der Waals surface area contributed by atoms with Crippen molar-refractivity contribution in [2.75, 3.05) is 38.8 Å². The van der Waals surface area contributed by atoms with Crippen molar-refractivity contribution >= 4 is 11.8 Å². The van der Waals surface area contributed by atoms with Gasteiger partial charge in [0.2, 0.25) is 0 Å². The second-order valence-electron chi connectivity index (χ2n) is 3.83. The lowest BCUT2D eigenvalue weighted by Crippen LogP contribution is -2.30. The first-order chi connectivity index (χ1) is 5.74. The molecule has 2 unspecified atom stereocenters. The maximum Gasteiger partial charge on any atom is 0.0474 e. The van der Waals surface area contributed by atoms with E-state index in [2.05, 4.69) is 19.0 Å². The summed E-state index contributed by atoms with van der Waals surface area (Å²) < 4.78 is 0. The van der Waals surface area contributed by atoms with Crippen LogP contribution in [0.3, 0.4) is 0 Å². The number of hydrogen-bond acceptors (Lipinski definition) is 3. The Kier molecular flexibility index (Phi) is 4.40. The molecule has 72 valence electrons. The molecule has 0 saturated carbocycles. The summed E-state index contributed by atoms with van der Waals surface area (Å²) >= 11 is 2.02. The summed E-state index contributed by atoms with van der Waals surface area (Å²) in [5, 5.41) is 9.20. The maximum absolute atomic E-state index is 9.20. The highest BCUT2D eigenvalue weighted by Crippen LogP contribution is 2.29. The topological polar surface area (TPSA) is 23.5 Å². The molecule has 1 saturated heterocycles. The third kappa shape index (κ3) is 2.96. The van der Waals surface area contributed by atoms with Gasteiger partial charge in [0.1, 0.15) is 0 Å². The van der Waals surface area contributed by atoms with Crippen LogP contribution < -0.4 is 0 Å². The summed E-state index contributed by atoms with van der Waals surface area (Å²) in [5.41, 5.74) is 0. The smallest absolute Gasteiger partial charge is 0.0474 e. The first kappa shape index (κ1) is 10.4. The molecule has 0 aromatic rings. The Hall–Kier alpha value is 0.270. The summed E-state index contributed by atoms with van der Waals surface area (Å²) in [6, 6.07) is 0. The molecule has 0 amide bonds. The molecule has 0 aromatic heterocycles. The van der Waals surface area contributed by atoms with Crippen molar-refractivity contribution in [3.05, 3.63) is 0 Å². The minimum atomic E-state index is 0.351. The van der Waals surface area contributed by atoms with Gasteiger partial charge in [0.05, 0.1) is 0 Å². The number of aliphatic hydroxyl groups excluding tert-OH is 1. The van der Waals surface area contributed by atoms with Gasteiger partial charge < -0.3 is 10.0 Å². The second kappa shape index (κ2) is 5.10. The summed E-state index contributed by atoms with van der Waals surface area (Å²) in [6.45, 7) is 1.38. The van der Waals surface area contributed by atoms with Crippen LogP contribution in [0, 0.1) is 11.8 Å². The van der Waals surface area contributed by atoms with Gasteiger partial charge in [-0.25, -0.2) is 0 Å². The zero-order valence-electron chi connectivity index (χ0n) is 7.99. The zero-order valence-corrected chi connectivity index (χ0v) is 8.81. The van der Waals surface area contributed by atoms with Gasteiger partial charge in [0.15, 0.2) is 0 Å². The minimum Gasteiger partial charge on any atom is -0.396 e. The fraction of sp³-hybridized carbons (Fsp3) is 1.00. The minimum absolute atomic E-state index is 0.351. The lowest BCUT2D eigenvalue weighted by atomic mass is 9.92. The molecule has 12 heavy (non-hydrogen) atoms. The van der Waals surface area contributed by atoms with Crippen LogP contribution in [0.4, 0.5) is 0 Å². The van der Waals surface area contributed by atoms with Crippen LogP contribution in [-0.4, -0.2) is 48.8 Å². The average molecular weight is 189 g/mol. The molecule has 1 aliphatic rings. The summed E-state index contributed by atoms with van der Waals surface area (Å²) in [7, 11) is 4.15. The van der Waals surface area contributed by atoms with E-state index in [9.17, 15) is 5.11 Å². The van der Waals surface area contributed by atoms with Crippen molar-refractivity contribution in [2.24, 2.45) is 11.8 Å². The molecular formula is C9H19NOS. The number of nitrogens with zero attached hydrogens (tertiary/aromatic N) is 1. The molecule has 0 aliphatic carbocycles. The van der Waals surface area contributed by atoms with Crippen LogP contribution in [0.2, 0.25) is 0 Å². The summed E-state index contributed by atoms with van der Waals surface area (Å²) in [6.07, 6.45) is 1.30. The van der Waals surface area contributed by atoms with E-state index in [-0.39, 0.29) is 0 Å². The first-order valence-electron chi connectivity index (χ1n) is 4.57. The Bertz CT molecular complexity index is 124. The standard InChI is InChI=1S/C9H19NOS/c1-10(2)5-9(6-11)8-3-4-12-7-8/h8-9,11H,3-7H2,1-2H3. The van der Waals surface area contributed by atoms with Gasteiger partial charge in [-0.05, 0) is 43.9 Å². The molecule has 1 rings (SSSR count). The van der Waals surface area contributed by atoms with Crippen LogP contribution in [0.15, 0.2) is 0 Å². The normalized spacial score (nSPS) is 26.5. The quantitative estimate of drug-likeness (QED) is 0.711. The molecule has 0 bridgehead atoms. The highest BCUT2D eigenvalue weighted by atomic mass is 32.2. The Morgan fingerprint density at radius 2 is 2.33 bits per heavy atom. The van der Waals surface area contributed by atoms with E-state index in [1.54, 1.807) is 0 Å². The Labute approximate surface area is 79.3 Å². The zero-order chi connectivity index (χ0) is 8.97. The molecule has 3 heteroatoms. The van der Waals surface area contributed by atoms with Crippen molar-refractivity contribution in [1.29, 1.82) is 0 Å². The first-order valence-corrected chi connectivity index (χ1v) is 5.73. The molecule has 1 N–H and O–H groups in total. The van der Waals surface area contributed by atoms with Gasteiger partial charge in [-0.2, -0.15) is 11.8 Å². The third-order valence-corrected chi connectivity index (χ3v) is 3.65. The molecule has 1 heterocycles. The number of aliphatic hydroxyl groups is 1. The lowest BCUT2D eigenvalue weighted by molar-refractivity contribution is 0.152. The third-order valence-electron chi connectivity index (χ3n) is 2.47. The van der Waals surface area contributed by atoms with Gasteiger partial charge in [0.25, 0.3) is 0 Å². The number of hydrogen-bond donors (Lipinski definition) is 1. The number of rotatable bonds is 4. The molecular weight excluding hydrogens is 170 g/mol. The van der Waals surface area contributed by atoms with Gasteiger partial charge in [0, 0.05) is 13.2 Å². The average Bonchev–Trinajstić information content (AvgIpc) is 2.51.